The van der Waals surface area contributed by atoms with Crippen LogP contribution in [0.2, 0.25) is 0 Å². The molecule has 6 nitrogen and oxygen atoms in total. The largest absolute Gasteiger partial charge is 0.386 e. The third-order valence-corrected chi connectivity index (χ3v) is 3.43. The number of nitrogens with zero attached hydrogens (tertiary/aromatic N) is 2. The number of aromatic nitrogens is 1. The first-order chi connectivity index (χ1) is 9.35. The van der Waals surface area contributed by atoms with Crippen LogP contribution in [0, 0.1) is 6.57 Å². The van der Waals surface area contributed by atoms with Gasteiger partial charge in [0, 0.05) is 12.6 Å². The molecule has 104 valence electrons. The summed E-state index contributed by atoms with van der Waals surface area (Å²) in [7, 11) is -1.87. The van der Waals surface area contributed by atoms with Gasteiger partial charge in [0.15, 0.2) is 0 Å². The summed E-state index contributed by atoms with van der Waals surface area (Å²) in [6, 6.07) is 9.17. The number of nitrogen functional groups attached to an aromatic ring is 1. The number of benzene rings is 1. The molecule has 0 aliphatic heterocycles. The van der Waals surface area contributed by atoms with Crippen molar-refractivity contribution >= 4 is 27.3 Å². The zero-order chi connectivity index (χ0) is 14.9. The molecule has 2 aromatic rings. The van der Waals surface area contributed by atoms with Gasteiger partial charge in [-0.15, -0.1) is 0 Å². The van der Waals surface area contributed by atoms with Crippen molar-refractivity contribution in [2.45, 2.75) is 0 Å². The van der Waals surface area contributed by atoms with Crippen LogP contribution in [0.1, 0.15) is 0 Å². The minimum Gasteiger partial charge on any atom is -0.386 e. The van der Waals surface area contributed by atoms with Crippen LogP contribution in [-0.4, -0.2) is 19.2 Å². The number of nitrogens with two attached hydrogens (primary N) is 1. The Labute approximate surface area is 117 Å². The molecule has 0 amide bonds. The summed E-state index contributed by atoms with van der Waals surface area (Å²) in [6.45, 7) is 7.31. The van der Waals surface area contributed by atoms with E-state index in [4.69, 9.17) is 12.3 Å². The molecule has 3 N–H and O–H groups in total. The molecule has 0 saturated carbocycles. The fourth-order valence-electron chi connectivity index (χ4n) is 1.98. The highest BCUT2D eigenvalue weighted by atomic mass is 32.2. The van der Waals surface area contributed by atoms with Crippen molar-refractivity contribution in [2.24, 2.45) is 7.05 Å². The van der Waals surface area contributed by atoms with Gasteiger partial charge in [0.05, 0.1) is 12.8 Å². The minimum absolute atomic E-state index is 0.179. The van der Waals surface area contributed by atoms with Crippen LogP contribution in [0.4, 0.5) is 17.3 Å². The van der Waals surface area contributed by atoms with Crippen LogP contribution in [0.15, 0.2) is 30.3 Å². The van der Waals surface area contributed by atoms with Gasteiger partial charge in [-0.2, -0.15) is 0 Å². The lowest BCUT2D eigenvalue weighted by Gasteiger charge is -2.06. The molecule has 2 rings (SSSR count). The van der Waals surface area contributed by atoms with E-state index in [2.05, 4.69) is 9.57 Å². The normalized spacial score (nSPS) is 11.1. The second kappa shape index (κ2) is 4.90. The highest BCUT2D eigenvalue weighted by Gasteiger charge is 2.22. The zero-order valence-electron chi connectivity index (χ0n) is 11.1. The maximum Gasteiger partial charge on any atom is 0.238 e. The third kappa shape index (κ3) is 2.46. The van der Waals surface area contributed by atoms with Crippen LogP contribution in [0.3, 0.4) is 0 Å². The monoisotopic (exact) mass is 290 g/mol. The van der Waals surface area contributed by atoms with Crippen molar-refractivity contribution in [3.05, 3.63) is 41.7 Å². The molecule has 0 atom stereocenters. The molecule has 20 heavy (non-hydrogen) atoms. The molecular weight excluding hydrogens is 276 g/mol. The second-order valence-electron chi connectivity index (χ2n) is 4.37. The van der Waals surface area contributed by atoms with Gasteiger partial charge in [-0.25, -0.2) is 13.3 Å². The van der Waals surface area contributed by atoms with Crippen LogP contribution >= 0.6 is 0 Å². The van der Waals surface area contributed by atoms with E-state index in [1.54, 1.807) is 7.05 Å². The molecule has 1 aromatic heterocycles. The summed E-state index contributed by atoms with van der Waals surface area (Å²) < 4.78 is 26.6. The van der Waals surface area contributed by atoms with Crippen molar-refractivity contribution in [1.82, 2.24) is 4.57 Å². The van der Waals surface area contributed by atoms with E-state index in [0.29, 0.717) is 11.4 Å². The molecule has 0 radical (unpaired) electrons. The first-order valence-electron chi connectivity index (χ1n) is 5.74. The molecule has 1 heterocycles. The summed E-state index contributed by atoms with van der Waals surface area (Å²) in [4.78, 5) is 3.43. The molecule has 7 heteroatoms. The number of rotatable bonds is 3. The number of nitrogens with one attached hydrogen (secondary N) is 1. The van der Waals surface area contributed by atoms with E-state index in [0.717, 1.165) is 11.8 Å². The van der Waals surface area contributed by atoms with Crippen molar-refractivity contribution in [3.8, 4) is 11.1 Å². The van der Waals surface area contributed by atoms with Crippen molar-refractivity contribution in [2.75, 3.05) is 16.7 Å². The van der Waals surface area contributed by atoms with Gasteiger partial charge in [-0.1, -0.05) is 30.3 Å². The van der Waals surface area contributed by atoms with Crippen LogP contribution < -0.4 is 10.5 Å². The first-order valence-corrected chi connectivity index (χ1v) is 7.63. The van der Waals surface area contributed by atoms with E-state index in [1.165, 1.54) is 4.57 Å². The molecule has 0 spiro atoms. The molecule has 0 fully saturated rings. The molecule has 0 saturated heterocycles. The van der Waals surface area contributed by atoms with Crippen LogP contribution in [0.5, 0.6) is 0 Å². The molecule has 0 aliphatic rings. The van der Waals surface area contributed by atoms with Gasteiger partial charge in [0.1, 0.15) is 11.6 Å². The zero-order valence-corrected chi connectivity index (χ0v) is 11.9. The molecular formula is C13H14N4O2S. The average Bonchev–Trinajstić information content (AvgIpc) is 2.62. The molecule has 1 aromatic carbocycles. The van der Waals surface area contributed by atoms with Crippen LogP contribution in [0.25, 0.3) is 16.0 Å². The summed E-state index contributed by atoms with van der Waals surface area (Å²) in [6.07, 6.45) is 1.03. The van der Waals surface area contributed by atoms with E-state index in [9.17, 15) is 8.42 Å². The highest BCUT2D eigenvalue weighted by Crippen LogP contribution is 2.43. The Kier molecular flexibility index (Phi) is 3.42. The predicted molar refractivity (Wildman–Crippen MR) is 80.0 cm³/mol. The van der Waals surface area contributed by atoms with Crippen molar-refractivity contribution < 1.29 is 8.42 Å². The van der Waals surface area contributed by atoms with Gasteiger partial charge in [0.25, 0.3) is 0 Å². The third-order valence-electron chi connectivity index (χ3n) is 2.87. The smallest absolute Gasteiger partial charge is 0.238 e. The standard InChI is InChI=1S/C13H14N4O2S/c1-15-11-10(9-7-5-4-6-8-9)12(14)17(2)13(11)16-20(3,18)19/h4-8,16H,14H2,2-3H3. The van der Waals surface area contributed by atoms with Crippen molar-refractivity contribution in [1.29, 1.82) is 0 Å². The Morgan fingerprint density at radius 2 is 1.90 bits per heavy atom. The van der Waals surface area contributed by atoms with Gasteiger partial charge in [-0.05, 0) is 5.56 Å². The van der Waals surface area contributed by atoms with E-state index in [1.807, 2.05) is 30.3 Å². The lowest BCUT2D eigenvalue weighted by atomic mass is 10.1. The summed E-state index contributed by atoms with van der Waals surface area (Å²) in [5.41, 5.74) is 7.52. The lowest BCUT2D eigenvalue weighted by molar-refractivity contribution is 0.606. The van der Waals surface area contributed by atoms with Gasteiger partial charge < -0.3 is 10.3 Å². The topological polar surface area (TPSA) is 81.5 Å². The Balaban J connectivity index is 2.72. The minimum atomic E-state index is -3.49. The lowest BCUT2D eigenvalue weighted by Crippen LogP contribution is -2.12. The first kappa shape index (κ1) is 14.0. The average molecular weight is 290 g/mol. The number of anilines is 2. The summed E-state index contributed by atoms with van der Waals surface area (Å²) in [5, 5.41) is 0. The van der Waals surface area contributed by atoms with Gasteiger partial charge in [0.2, 0.25) is 15.7 Å². The van der Waals surface area contributed by atoms with Gasteiger partial charge >= 0.3 is 0 Å². The quantitative estimate of drug-likeness (QED) is 0.850. The Hall–Kier alpha value is -2.46. The SMILES string of the molecule is [C-]#[N+]c1c(-c2ccccc2)c(N)n(C)c1NS(C)(=O)=O. The number of hydrogen-bond acceptors (Lipinski definition) is 3. The van der Waals surface area contributed by atoms with E-state index >= 15 is 0 Å². The number of hydrogen-bond donors (Lipinski definition) is 2. The molecule has 0 bridgehead atoms. The Morgan fingerprint density at radius 3 is 2.40 bits per heavy atom. The summed E-state index contributed by atoms with van der Waals surface area (Å²) >= 11 is 0. The summed E-state index contributed by atoms with van der Waals surface area (Å²) in [5.74, 6) is 0.521. The maximum atomic E-state index is 11.4. The Morgan fingerprint density at radius 1 is 1.30 bits per heavy atom. The molecule has 0 unspecified atom stereocenters. The maximum absolute atomic E-state index is 11.4. The van der Waals surface area contributed by atoms with E-state index in [-0.39, 0.29) is 11.5 Å². The highest BCUT2D eigenvalue weighted by molar-refractivity contribution is 7.92. The van der Waals surface area contributed by atoms with Crippen molar-refractivity contribution in [3.63, 3.8) is 0 Å². The van der Waals surface area contributed by atoms with E-state index < -0.39 is 10.0 Å². The number of sulfonamides is 1. The van der Waals surface area contributed by atoms with Gasteiger partial charge in [-0.3, -0.25) is 4.72 Å². The fraction of sp³-hybridized carbons (Fsp3) is 0.154. The molecule has 0 aliphatic carbocycles. The second-order valence-corrected chi connectivity index (χ2v) is 6.12. The Bertz CT molecular complexity index is 786. The van der Waals surface area contributed by atoms with Crippen LogP contribution in [-0.2, 0) is 17.1 Å². The fourth-order valence-corrected chi connectivity index (χ4v) is 2.56. The predicted octanol–water partition coefficient (Wildman–Crippen LogP) is 2.20.